The molecule has 2 rings (SSSR count). The maximum absolute atomic E-state index is 10.9. The van der Waals surface area contributed by atoms with Crippen molar-refractivity contribution in [1.29, 1.82) is 0 Å². The molecule has 0 saturated heterocycles. The number of rotatable bonds is 6. The van der Waals surface area contributed by atoms with Crippen molar-refractivity contribution in [3.8, 4) is 0 Å². The monoisotopic (exact) mass is 275 g/mol. The summed E-state index contributed by atoms with van der Waals surface area (Å²) in [7, 11) is 0. The van der Waals surface area contributed by atoms with E-state index in [9.17, 15) is 4.79 Å². The number of benzene rings is 1. The lowest BCUT2D eigenvalue weighted by atomic mass is 9.82. The van der Waals surface area contributed by atoms with E-state index in [0.29, 0.717) is 0 Å². The fraction of sp³-hybridized carbons (Fsp3) is 0.588. The molecule has 0 bridgehead atoms. The summed E-state index contributed by atoms with van der Waals surface area (Å²) >= 11 is 0. The summed E-state index contributed by atoms with van der Waals surface area (Å²) < 4.78 is 0. The van der Waals surface area contributed by atoms with Gasteiger partial charge in [0.15, 0.2) is 0 Å². The summed E-state index contributed by atoms with van der Waals surface area (Å²) in [6, 6.07) is 7.82. The molecule has 1 aliphatic carbocycles. The van der Waals surface area contributed by atoms with Gasteiger partial charge in [0.1, 0.15) is 0 Å². The average molecular weight is 275 g/mol. The van der Waals surface area contributed by atoms with E-state index in [1.165, 1.54) is 25.7 Å². The number of aliphatic carboxylic acids is 1. The van der Waals surface area contributed by atoms with E-state index in [-0.39, 0.29) is 6.42 Å². The van der Waals surface area contributed by atoms with Crippen molar-refractivity contribution < 1.29 is 9.90 Å². The van der Waals surface area contributed by atoms with E-state index < -0.39 is 5.97 Å². The zero-order chi connectivity index (χ0) is 14.4. The molecule has 0 spiro atoms. The molecular weight excluding hydrogens is 250 g/mol. The molecule has 1 saturated carbocycles. The van der Waals surface area contributed by atoms with Crippen LogP contribution in [0.5, 0.6) is 0 Å². The zero-order valence-corrected chi connectivity index (χ0v) is 12.3. The minimum atomic E-state index is -0.765. The molecule has 0 aliphatic heterocycles. The highest BCUT2D eigenvalue weighted by Gasteiger charge is 2.18. The van der Waals surface area contributed by atoms with Gasteiger partial charge in [-0.25, -0.2) is 0 Å². The second kappa shape index (κ2) is 7.44. The van der Waals surface area contributed by atoms with Crippen LogP contribution in [0, 0.1) is 11.8 Å². The van der Waals surface area contributed by atoms with Crippen molar-refractivity contribution in [2.24, 2.45) is 11.8 Å². The molecule has 0 amide bonds. The Morgan fingerprint density at radius 1 is 1.30 bits per heavy atom. The van der Waals surface area contributed by atoms with Crippen LogP contribution < -0.4 is 5.32 Å². The average Bonchev–Trinajstić information content (AvgIpc) is 2.40. The lowest BCUT2D eigenvalue weighted by Gasteiger charge is -2.27. The van der Waals surface area contributed by atoms with Gasteiger partial charge in [0, 0.05) is 6.54 Å². The summed E-state index contributed by atoms with van der Waals surface area (Å²) in [6.45, 7) is 4.16. The van der Waals surface area contributed by atoms with Crippen molar-refractivity contribution in [1.82, 2.24) is 5.32 Å². The minimum absolute atomic E-state index is 0.109. The Kier molecular flexibility index (Phi) is 5.60. The first kappa shape index (κ1) is 15.0. The van der Waals surface area contributed by atoms with Gasteiger partial charge in [-0.1, -0.05) is 44.0 Å². The highest BCUT2D eigenvalue weighted by Crippen LogP contribution is 2.28. The molecule has 0 radical (unpaired) electrons. The van der Waals surface area contributed by atoms with Crippen molar-refractivity contribution in [3.63, 3.8) is 0 Å². The van der Waals surface area contributed by atoms with Gasteiger partial charge >= 0.3 is 5.97 Å². The second-order valence-corrected chi connectivity index (χ2v) is 6.11. The highest BCUT2D eigenvalue weighted by atomic mass is 16.4. The lowest BCUT2D eigenvalue weighted by Crippen LogP contribution is -2.26. The molecule has 3 heteroatoms. The number of carboxylic acid groups (broad SMARTS) is 1. The summed E-state index contributed by atoms with van der Waals surface area (Å²) in [5.41, 5.74) is 2.03. The van der Waals surface area contributed by atoms with Crippen LogP contribution in [0.4, 0.5) is 0 Å². The third-order valence-corrected chi connectivity index (χ3v) is 4.25. The predicted molar refractivity (Wildman–Crippen MR) is 80.6 cm³/mol. The van der Waals surface area contributed by atoms with Gasteiger partial charge < -0.3 is 10.4 Å². The lowest BCUT2D eigenvalue weighted by molar-refractivity contribution is -0.136. The van der Waals surface area contributed by atoms with Crippen LogP contribution >= 0.6 is 0 Å². The van der Waals surface area contributed by atoms with E-state index in [1.54, 1.807) is 0 Å². The maximum Gasteiger partial charge on any atom is 0.307 e. The fourth-order valence-electron chi connectivity index (χ4n) is 3.22. The predicted octanol–water partition coefficient (Wildman–Crippen LogP) is 3.23. The first-order valence-electron chi connectivity index (χ1n) is 7.64. The molecule has 1 aliphatic rings. The maximum atomic E-state index is 10.9. The topological polar surface area (TPSA) is 49.3 Å². The number of carbonyl (C=O) groups is 1. The van der Waals surface area contributed by atoms with Crippen LogP contribution in [-0.2, 0) is 17.8 Å². The van der Waals surface area contributed by atoms with Crippen molar-refractivity contribution >= 4 is 5.97 Å². The number of nitrogens with one attached hydrogen (secondary N) is 1. The Balaban J connectivity index is 1.83. The molecular formula is C17H25NO2. The molecule has 20 heavy (non-hydrogen) atoms. The molecule has 1 aromatic rings. The van der Waals surface area contributed by atoms with Crippen LogP contribution in [0.1, 0.15) is 43.7 Å². The molecule has 0 heterocycles. The van der Waals surface area contributed by atoms with Crippen LogP contribution in [-0.4, -0.2) is 17.6 Å². The Labute approximate surface area is 121 Å². The number of hydrogen-bond acceptors (Lipinski definition) is 2. The van der Waals surface area contributed by atoms with E-state index in [0.717, 1.165) is 36.1 Å². The van der Waals surface area contributed by atoms with Crippen LogP contribution in [0.3, 0.4) is 0 Å². The van der Waals surface area contributed by atoms with E-state index in [4.69, 9.17) is 5.11 Å². The van der Waals surface area contributed by atoms with E-state index >= 15 is 0 Å². The third-order valence-electron chi connectivity index (χ3n) is 4.25. The van der Waals surface area contributed by atoms with Gasteiger partial charge in [-0.15, -0.1) is 0 Å². The van der Waals surface area contributed by atoms with E-state index in [1.807, 2.05) is 24.3 Å². The number of hydrogen-bond donors (Lipinski definition) is 2. The Hall–Kier alpha value is -1.35. The standard InChI is InChI=1S/C17H25NO2/c1-13-5-4-6-14(9-13)11-18-12-16-8-3-2-7-15(16)10-17(19)20/h2-3,7-8,13-14,18H,4-6,9-12H2,1H3,(H,19,20). The quantitative estimate of drug-likeness (QED) is 0.838. The zero-order valence-electron chi connectivity index (χ0n) is 12.3. The van der Waals surface area contributed by atoms with Crippen molar-refractivity contribution in [2.45, 2.75) is 45.6 Å². The Morgan fingerprint density at radius 3 is 2.75 bits per heavy atom. The normalized spacial score (nSPS) is 22.6. The van der Waals surface area contributed by atoms with Gasteiger partial charge in [-0.05, 0) is 42.3 Å². The Bertz CT molecular complexity index is 444. The smallest absolute Gasteiger partial charge is 0.307 e. The molecule has 2 N–H and O–H groups in total. The molecule has 1 aromatic carbocycles. The fourth-order valence-corrected chi connectivity index (χ4v) is 3.22. The van der Waals surface area contributed by atoms with Gasteiger partial charge in [-0.3, -0.25) is 4.79 Å². The second-order valence-electron chi connectivity index (χ2n) is 6.11. The number of carboxylic acids is 1. The SMILES string of the molecule is CC1CCCC(CNCc2ccccc2CC(=O)O)C1. The van der Waals surface area contributed by atoms with Gasteiger partial charge in [0.05, 0.1) is 6.42 Å². The Morgan fingerprint density at radius 2 is 2.05 bits per heavy atom. The third kappa shape index (κ3) is 4.64. The highest BCUT2D eigenvalue weighted by molar-refractivity contribution is 5.70. The van der Waals surface area contributed by atoms with E-state index in [2.05, 4.69) is 12.2 Å². The van der Waals surface area contributed by atoms with Crippen LogP contribution in [0.15, 0.2) is 24.3 Å². The largest absolute Gasteiger partial charge is 0.481 e. The summed E-state index contributed by atoms with van der Waals surface area (Å²) in [5.74, 6) is 0.874. The molecule has 1 fully saturated rings. The van der Waals surface area contributed by atoms with Crippen LogP contribution in [0.2, 0.25) is 0 Å². The molecule has 110 valence electrons. The van der Waals surface area contributed by atoms with Crippen molar-refractivity contribution in [2.75, 3.05) is 6.54 Å². The minimum Gasteiger partial charge on any atom is -0.481 e. The summed E-state index contributed by atoms with van der Waals surface area (Å²) in [4.78, 5) is 10.9. The molecule has 2 unspecified atom stereocenters. The first-order valence-corrected chi connectivity index (χ1v) is 7.64. The van der Waals surface area contributed by atoms with Crippen molar-refractivity contribution in [3.05, 3.63) is 35.4 Å². The van der Waals surface area contributed by atoms with Gasteiger partial charge in [-0.2, -0.15) is 0 Å². The molecule has 2 atom stereocenters. The van der Waals surface area contributed by atoms with Gasteiger partial charge in [0.2, 0.25) is 0 Å². The summed E-state index contributed by atoms with van der Waals surface area (Å²) in [6.07, 6.45) is 5.48. The molecule has 0 aromatic heterocycles. The van der Waals surface area contributed by atoms with Gasteiger partial charge in [0.25, 0.3) is 0 Å². The molecule has 3 nitrogen and oxygen atoms in total. The first-order chi connectivity index (χ1) is 9.65. The van der Waals surface area contributed by atoms with Crippen LogP contribution in [0.25, 0.3) is 0 Å². The summed E-state index contributed by atoms with van der Waals surface area (Å²) in [5, 5.41) is 12.4.